The van der Waals surface area contributed by atoms with Crippen LogP contribution in [0.2, 0.25) is 10.0 Å². The number of rotatable bonds is 4. The van der Waals surface area contributed by atoms with Crippen LogP contribution in [0.1, 0.15) is 18.4 Å². The largest absolute Gasteiger partial charge is 0.354 e. The van der Waals surface area contributed by atoms with Gasteiger partial charge in [-0.05, 0) is 17.7 Å². The molecule has 1 amide bonds. The van der Waals surface area contributed by atoms with Crippen LogP contribution < -0.4 is 11.1 Å². The van der Waals surface area contributed by atoms with Crippen molar-refractivity contribution in [1.29, 1.82) is 0 Å². The molecule has 1 aromatic rings. The third-order valence-corrected chi connectivity index (χ3v) is 2.94. The molecule has 0 fully saturated rings. The topological polar surface area (TPSA) is 55.1 Å². The molecule has 1 atom stereocenters. The Morgan fingerprint density at radius 2 is 2.00 bits per heavy atom. The molecule has 0 bridgehead atoms. The molecule has 5 heteroatoms. The molecule has 3 N–H and O–H groups in total. The molecule has 3 nitrogen and oxygen atoms in total. The van der Waals surface area contributed by atoms with Crippen LogP contribution in [0, 0.1) is 0 Å². The highest BCUT2D eigenvalue weighted by Crippen LogP contribution is 2.30. The number of hydrogen-bond donors (Lipinski definition) is 2. The first kappa shape index (κ1) is 13.3. The number of amides is 1. The van der Waals surface area contributed by atoms with Gasteiger partial charge in [0.1, 0.15) is 0 Å². The van der Waals surface area contributed by atoms with Crippen molar-refractivity contribution in [3.05, 3.63) is 33.8 Å². The van der Waals surface area contributed by atoms with E-state index in [9.17, 15) is 4.79 Å². The van der Waals surface area contributed by atoms with Crippen molar-refractivity contribution in [2.45, 2.75) is 12.8 Å². The summed E-state index contributed by atoms with van der Waals surface area (Å²) in [5.41, 5.74) is 6.04. The number of carbonyl (C=O) groups is 1. The Bertz CT molecular complexity index is 362. The third kappa shape index (κ3) is 3.37. The summed E-state index contributed by atoms with van der Waals surface area (Å²) in [6.07, 6.45) is 0. The van der Waals surface area contributed by atoms with Crippen LogP contribution in [0.3, 0.4) is 0 Å². The maximum Gasteiger partial charge on any atom is 0.233 e. The van der Waals surface area contributed by atoms with Crippen LogP contribution in [0.25, 0.3) is 0 Å². The Kier molecular flexibility index (Phi) is 5.06. The maximum absolute atomic E-state index is 11.0. The lowest BCUT2D eigenvalue weighted by atomic mass is 10.0. The van der Waals surface area contributed by atoms with Gasteiger partial charge in [-0.2, -0.15) is 0 Å². The lowest BCUT2D eigenvalue weighted by Crippen LogP contribution is -2.33. The SMILES string of the molecule is CC(CNC(=O)CN)c1c(Cl)cccc1Cl. The van der Waals surface area contributed by atoms with Crippen molar-refractivity contribution >= 4 is 29.1 Å². The second-order valence-corrected chi connectivity index (χ2v) is 4.36. The molecule has 88 valence electrons. The van der Waals surface area contributed by atoms with Crippen LogP contribution in [0.4, 0.5) is 0 Å². The summed E-state index contributed by atoms with van der Waals surface area (Å²) >= 11 is 12.1. The number of nitrogens with one attached hydrogen (secondary N) is 1. The Hall–Kier alpha value is -0.770. The molecule has 16 heavy (non-hydrogen) atoms. The zero-order chi connectivity index (χ0) is 12.1. The van der Waals surface area contributed by atoms with Gasteiger partial charge < -0.3 is 11.1 Å². The summed E-state index contributed by atoms with van der Waals surface area (Å²) in [6, 6.07) is 5.35. The van der Waals surface area contributed by atoms with Crippen molar-refractivity contribution in [2.75, 3.05) is 13.1 Å². The van der Waals surface area contributed by atoms with E-state index in [1.54, 1.807) is 18.2 Å². The standard InChI is InChI=1S/C11H14Cl2N2O/c1-7(6-15-10(16)5-14)11-8(12)3-2-4-9(11)13/h2-4,7H,5-6,14H2,1H3,(H,15,16). The van der Waals surface area contributed by atoms with E-state index in [0.717, 1.165) is 5.56 Å². The Morgan fingerprint density at radius 1 is 1.44 bits per heavy atom. The predicted octanol–water partition coefficient (Wildman–Crippen LogP) is 2.17. The minimum absolute atomic E-state index is 0.0109. The first-order valence-electron chi connectivity index (χ1n) is 4.97. The predicted molar refractivity (Wildman–Crippen MR) is 66.9 cm³/mol. The third-order valence-electron chi connectivity index (χ3n) is 2.28. The van der Waals surface area contributed by atoms with Gasteiger partial charge in [0.15, 0.2) is 0 Å². The van der Waals surface area contributed by atoms with Gasteiger partial charge in [-0.1, -0.05) is 36.2 Å². The van der Waals surface area contributed by atoms with Crippen molar-refractivity contribution < 1.29 is 4.79 Å². The van der Waals surface area contributed by atoms with Crippen LogP contribution in [-0.2, 0) is 4.79 Å². The van der Waals surface area contributed by atoms with Gasteiger partial charge in [-0.3, -0.25) is 4.79 Å². The number of nitrogens with two attached hydrogens (primary N) is 1. The number of halogens is 2. The van der Waals surface area contributed by atoms with Gasteiger partial charge in [0.05, 0.1) is 6.54 Å². The number of hydrogen-bond acceptors (Lipinski definition) is 2. The van der Waals surface area contributed by atoms with Crippen LogP contribution in [0.5, 0.6) is 0 Å². The van der Waals surface area contributed by atoms with Crippen molar-refractivity contribution in [1.82, 2.24) is 5.32 Å². The summed E-state index contributed by atoms with van der Waals surface area (Å²) in [5.74, 6) is -0.133. The molecule has 1 aromatic carbocycles. The van der Waals surface area contributed by atoms with E-state index in [0.29, 0.717) is 16.6 Å². The highest BCUT2D eigenvalue weighted by atomic mass is 35.5. The molecule has 0 saturated carbocycles. The van der Waals surface area contributed by atoms with Gasteiger partial charge in [0.25, 0.3) is 0 Å². The monoisotopic (exact) mass is 260 g/mol. The van der Waals surface area contributed by atoms with Crippen LogP contribution in [0.15, 0.2) is 18.2 Å². The van der Waals surface area contributed by atoms with Gasteiger partial charge in [-0.15, -0.1) is 0 Å². The average molecular weight is 261 g/mol. The minimum Gasteiger partial charge on any atom is -0.354 e. The summed E-state index contributed by atoms with van der Waals surface area (Å²) in [6.45, 7) is 2.41. The molecule has 0 aliphatic heterocycles. The van der Waals surface area contributed by atoms with E-state index in [1.165, 1.54) is 0 Å². The van der Waals surface area contributed by atoms with Crippen molar-refractivity contribution in [3.8, 4) is 0 Å². The summed E-state index contributed by atoms with van der Waals surface area (Å²) in [5, 5.41) is 3.93. The van der Waals surface area contributed by atoms with Crippen LogP contribution >= 0.6 is 23.2 Å². The zero-order valence-electron chi connectivity index (χ0n) is 8.97. The quantitative estimate of drug-likeness (QED) is 0.872. The zero-order valence-corrected chi connectivity index (χ0v) is 10.5. The fourth-order valence-corrected chi connectivity index (χ4v) is 2.19. The molecule has 0 aromatic heterocycles. The highest BCUT2D eigenvalue weighted by molar-refractivity contribution is 6.36. The molecular formula is C11H14Cl2N2O. The molecule has 0 spiro atoms. The Morgan fingerprint density at radius 3 is 2.50 bits per heavy atom. The van der Waals surface area contributed by atoms with E-state index >= 15 is 0 Å². The fourth-order valence-electron chi connectivity index (χ4n) is 1.42. The molecule has 1 rings (SSSR count). The lowest BCUT2D eigenvalue weighted by molar-refractivity contribution is -0.119. The molecule has 0 aliphatic carbocycles. The second kappa shape index (κ2) is 6.09. The second-order valence-electron chi connectivity index (χ2n) is 3.54. The summed E-state index contributed by atoms with van der Waals surface area (Å²) < 4.78 is 0. The average Bonchev–Trinajstić information content (AvgIpc) is 2.25. The molecular weight excluding hydrogens is 247 g/mol. The summed E-state index contributed by atoms with van der Waals surface area (Å²) in [4.78, 5) is 11.0. The summed E-state index contributed by atoms with van der Waals surface area (Å²) in [7, 11) is 0. The minimum atomic E-state index is -0.185. The first-order chi connectivity index (χ1) is 7.56. The van der Waals surface area contributed by atoms with Gasteiger partial charge in [0.2, 0.25) is 5.91 Å². The lowest BCUT2D eigenvalue weighted by Gasteiger charge is -2.15. The molecule has 0 aliphatic rings. The van der Waals surface area contributed by atoms with Gasteiger partial charge in [0, 0.05) is 22.5 Å². The molecule has 1 unspecified atom stereocenters. The van der Waals surface area contributed by atoms with Gasteiger partial charge in [-0.25, -0.2) is 0 Å². The highest BCUT2D eigenvalue weighted by Gasteiger charge is 2.13. The van der Waals surface area contributed by atoms with Crippen LogP contribution in [-0.4, -0.2) is 19.0 Å². The maximum atomic E-state index is 11.0. The smallest absolute Gasteiger partial charge is 0.233 e. The fraction of sp³-hybridized carbons (Fsp3) is 0.364. The van der Waals surface area contributed by atoms with Gasteiger partial charge >= 0.3 is 0 Å². The Balaban J connectivity index is 2.73. The van der Waals surface area contributed by atoms with E-state index in [1.807, 2.05) is 6.92 Å². The first-order valence-corrected chi connectivity index (χ1v) is 5.72. The molecule has 0 radical (unpaired) electrons. The number of benzene rings is 1. The van der Waals surface area contributed by atoms with E-state index < -0.39 is 0 Å². The Labute approximate surface area is 105 Å². The number of carbonyl (C=O) groups excluding carboxylic acids is 1. The van der Waals surface area contributed by atoms with E-state index in [4.69, 9.17) is 28.9 Å². The van der Waals surface area contributed by atoms with E-state index in [-0.39, 0.29) is 18.4 Å². The van der Waals surface area contributed by atoms with Crippen molar-refractivity contribution in [2.24, 2.45) is 5.73 Å². The van der Waals surface area contributed by atoms with Crippen molar-refractivity contribution in [3.63, 3.8) is 0 Å². The molecule has 0 saturated heterocycles. The molecule has 0 heterocycles. The van der Waals surface area contributed by atoms with E-state index in [2.05, 4.69) is 5.32 Å². The normalized spacial score (nSPS) is 12.2.